The molecule has 13 nitrogen and oxygen atoms in total. The van der Waals surface area contributed by atoms with Crippen LogP contribution in [0.5, 0.6) is 5.75 Å². The molecule has 4 N–H and O–H groups in total. The molecule has 1 spiro atoms. The molecule has 4 bridgehead atoms. The third-order valence-electron chi connectivity index (χ3n) is 9.38. The van der Waals surface area contributed by atoms with Gasteiger partial charge in [0.1, 0.15) is 36.5 Å². The van der Waals surface area contributed by atoms with Gasteiger partial charge in [-0.3, -0.25) is 4.79 Å². The van der Waals surface area contributed by atoms with Gasteiger partial charge in [0.05, 0.1) is 0 Å². The van der Waals surface area contributed by atoms with E-state index in [0.29, 0.717) is 11.5 Å². The molecule has 4 aliphatic rings. The predicted octanol–water partition coefficient (Wildman–Crippen LogP) is 4.05. The van der Waals surface area contributed by atoms with Crippen molar-refractivity contribution < 1.29 is 38.1 Å². The number of fused-ring (bicyclic) bond motifs is 4. The summed E-state index contributed by atoms with van der Waals surface area (Å²) in [6, 6.07) is 19.8. The van der Waals surface area contributed by atoms with Gasteiger partial charge in [0.2, 0.25) is 17.7 Å². The summed E-state index contributed by atoms with van der Waals surface area (Å²) >= 11 is 0. The Hall–Kier alpha value is -5.85. The fourth-order valence-corrected chi connectivity index (χ4v) is 6.98. The number of amides is 2. The van der Waals surface area contributed by atoms with Gasteiger partial charge in [-0.25, -0.2) is 19.6 Å². The molecule has 250 valence electrons. The molecule has 0 aliphatic carbocycles. The largest absolute Gasteiger partial charge is 0.480 e. The Kier molecular flexibility index (Phi) is 7.27. The van der Waals surface area contributed by atoms with Gasteiger partial charge in [0.15, 0.2) is 23.7 Å². The lowest BCUT2D eigenvalue weighted by Gasteiger charge is -2.28. The van der Waals surface area contributed by atoms with Crippen LogP contribution in [0.15, 0.2) is 82.2 Å². The zero-order valence-electron chi connectivity index (χ0n) is 26.6. The van der Waals surface area contributed by atoms with Crippen LogP contribution >= 0.6 is 0 Å². The molecule has 5 heterocycles. The number of ether oxygens (including phenoxy) is 3. The number of carbonyl (C=O) groups is 3. The van der Waals surface area contributed by atoms with E-state index < -0.39 is 47.7 Å². The first-order valence-corrected chi connectivity index (χ1v) is 16.1. The van der Waals surface area contributed by atoms with Crippen molar-refractivity contribution in [3.05, 3.63) is 112 Å². The van der Waals surface area contributed by atoms with Gasteiger partial charge in [-0.2, -0.15) is 0 Å². The summed E-state index contributed by atoms with van der Waals surface area (Å²) in [4.78, 5) is 48.2. The minimum absolute atomic E-state index is 0.0314. The molecule has 1 aromatic heterocycles. The van der Waals surface area contributed by atoms with Crippen LogP contribution in [0.3, 0.4) is 0 Å². The Morgan fingerprint density at radius 1 is 1.06 bits per heavy atom. The zero-order valence-corrected chi connectivity index (χ0v) is 26.6. The molecule has 49 heavy (non-hydrogen) atoms. The normalized spacial score (nSPS) is 24.6. The molecule has 4 aliphatic heterocycles. The monoisotopic (exact) mass is 663 g/mol. The topological polar surface area (TPSA) is 174 Å². The zero-order chi connectivity index (χ0) is 33.9. The summed E-state index contributed by atoms with van der Waals surface area (Å²) in [7, 11) is 0. The number of nitrogens with one attached hydrogen (secondary N) is 3. The van der Waals surface area contributed by atoms with Crippen LogP contribution in [-0.4, -0.2) is 58.9 Å². The van der Waals surface area contributed by atoms with Crippen molar-refractivity contribution in [1.29, 1.82) is 0 Å². The highest BCUT2D eigenvalue weighted by Crippen LogP contribution is 2.58. The second kappa shape index (κ2) is 11.7. The molecule has 0 fully saturated rings. The Balaban J connectivity index is 1.27. The summed E-state index contributed by atoms with van der Waals surface area (Å²) < 4.78 is 24.6. The number of hydrogen-bond acceptors (Lipinski definition) is 10. The standard InChI is InChI=1S/C36H33N5O8/c1-18(2)27-32-41-28(31-37-25(17-46-31)33(43)44)29(49-32)36-21-10-6-7-11-23(21)38-34(36)48-26-13-12-20(14-22(26)36)15-24(30(42)40-27)39-35(45)47-16-19-8-4-3-5-9-19/h3-14,18,24-25,27,34,38H,15-17H2,1-2H3,(H,39,45)(H,40,42)(H,43,44)/t24-,25?,27-,34?,36?/m0/s1. The molecule has 13 heteroatoms. The van der Waals surface area contributed by atoms with E-state index in [4.69, 9.17) is 23.6 Å². The third-order valence-corrected chi connectivity index (χ3v) is 9.38. The number of aliphatic imine (C=N–C) groups is 1. The maximum atomic E-state index is 14.0. The highest BCUT2D eigenvalue weighted by molar-refractivity contribution is 5.98. The maximum absolute atomic E-state index is 14.0. The van der Waals surface area contributed by atoms with Gasteiger partial charge in [-0.1, -0.05) is 74.5 Å². The van der Waals surface area contributed by atoms with E-state index in [9.17, 15) is 19.5 Å². The number of benzene rings is 3. The van der Waals surface area contributed by atoms with Crippen molar-refractivity contribution in [2.24, 2.45) is 10.9 Å². The summed E-state index contributed by atoms with van der Waals surface area (Å²) in [5.74, 6) is -0.658. The fraction of sp³-hybridized carbons (Fsp3) is 0.306. The van der Waals surface area contributed by atoms with E-state index >= 15 is 0 Å². The molecule has 3 unspecified atom stereocenters. The van der Waals surface area contributed by atoms with Gasteiger partial charge in [-0.15, -0.1) is 0 Å². The summed E-state index contributed by atoms with van der Waals surface area (Å²) in [6.07, 6.45) is -1.25. The van der Waals surface area contributed by atoms with Gasteiger partial charge in [0, 0.05) is 17.7 Å². The lowest BCUT2D eigenvalue weighted by atomic mass is 9.72. The minimum atomic E-state index is -1.12. The van der Waals surface area contributed by atoms with Gasteiger partial charge in [0.25, 0.3) is 0 Å². The third kappa shape index (κ3) is 5.04. The van der Waals surface area contributed by atoms with E-state index in [1.807, 2.05) is 86.6 Å². The van der Waals surface area contributed by atoms with Crippen LogP contribution in [-0.2, 0) is 37.5 Å². The molecule has 0 saturated carbocycles. The van der Waals surface area contributed by atoms with Crippen molar-refractivity contribution in [3.63, 3.8) is 0 Å². The molecule has 0 saturated heterocycles. The van der Waals surface area contributed by atoms with Crippen LogP contribution in [0, 0.1) is 5.92 Å². The van der Waals surface area contributed by atoms with E-state index in [-0.39, 0.29) is 43.0 Å². The number of aliphatic carboxylic acids is 1. The number of alkyl carbamates (subject to hydrolysis) is 1. The number of carboxylic acid groups (broad SMARTS) is 1. The number of aromatic nitrogens is 1. The number of nitrogens with zero attached hydrogens (tertiary/aromatic N) is 2. The fourth-order valence-electron chi connectivity index (χ4n) is 6.98. The highest BCUT2D eigenvalue weighted by atomic mass is 16.5. The SMILES string of the molecule is CC(C)[C@@H]1NC(=O)[C@@H](NC(=O)OCc2ccccc2)Cc2ccc3c(c2)C2(c4ccccc4NC2O3)c2oc1nc2C1=NC(C(=O)O)CO1. The number of carboxylic acids is 1. The van der Waals surface area contributed by atoms with Crippen LogP contribution in [0.2, 0.25) is 0 Å². The molecule has 8 rings (SSSR count). The minimum Gasteiger partial charge on any atom is -0.480 e. The molecule has 0 radical (unpaired) electrons. The molecular weight excluding hydrogens is 630 g/mol. The van der Waals surface area contributed by atoms with E-state index in [2.05, 4.69) is 20.9 Å². The van der Waals surface area contributed by atoms with Crippen molar-refractivity contribution in [3.8, 4) is 5.75 Å². The second-order valence-electron chi connectivity index (χ2n) is 12.8. The second-order valence-corrected chi connectivity index (χ2v) is 12.8. The lowest BCUT2D eigenvalue weighted by molar-refractivity contribution is -0.138. The Morgan fingerprint density at radius 3 is 2.63 bits per heavy atom. The first-order valence-electron chi connectivity index (χ1n) is 16.1. The molecule has 4 aromatic rings. The lowest BCUT2D eigenvalue weighted by Crippen LogP contribution is -2.49. The Morgan fingerprint density at radius 2 is 1.86 bits per heavy atom. The quantitative estimate of drug-likeness (QED) is 0.236. The highest BCUT2D eigenvalue weighted by Gasteiger charge is 2.61. The van der Waals surface area contributed by atoms with Crippen molar-refractivity contribution in [1.82, 2.24) is 15.6 Å². The average molecular weight is 664 g/mol. The number of rotatable bonds is 6. The van der Waals surface area contributed by atoms with Crippen LogP contribution in [0.4, 0.5) is 10.5 Å². The van der Waals surface area contributed by atoms with Gasteiger partial charge >= 0.3 is 12.1 Å². The first-order chi connectivity index (χ1) is 23.7. The Bertz CT molecular complexity index is 2010. The van der Waals surface area contributed by atoms with E-state index in [1.165, 1.54) is 0 Å². The number of anilines is 1. The van der Waals surface area contributed by atoms with Crippen molar-refractivity contribution >= 4 is 29.6 Å². The van der Waals surface area contributed by atoms with Crippen LogP contribution in [0.1, 0.15) is 59.5 Å². The predicted molar refractivity (Wildman–Crippen MR) is 174 cm³/mol. The molecule has 3 aromatic carbocycles. The van der Waals surface area contributed by atoms with Gasteiger partial charge in [-0.05, 0) is 34.7 Å². The van der Waals surface area contributed by atoms with Crippen molar-refractivity contribution in [2.45, 2.75) is 56.6 Å². The summed E-state index contributed by atoms with van der Waals surface area (Å²) in [5.41, 5.74) is 3.11. The van der Waals surface area contributed by atoms with Crippen LogP contribution in [0.25, 0.3) is 0 Å². The smallest absolute Gasteiger partial charge is 0.408 e. The van der Waals surface area contributed by atoms with E-state index in [1.54, 1.807) is 0 Å². The van der Waals surface area contributed by atoms with Crippen LogP contribution < -0.4 is 20.7 Å². The maximum Gasteiger partial charge on any atom is 0.408 e. The first kappa shape index (κ1) is 30.5. The number of carbonyl (C=O) groups excluding carboxylic acids is 2. The number of hydrogen-bond donors (Lipinski definition) is 4. The Labute approximate surface area is 280 Å². The summed E-state index contributed by atoms with van der Waals surface area (Å²) in [6.45, 7) is 3.70. The summed E-state index contributed by atoms with van der Waals surface area (Å²) in [5, 5.41) is 19.0. The van der Waals surface area contributed by atoms with E-state index in [0.717, 1.165) is 27.9 Å². The van der Waals surface area contributed by atoms with Gasteiger partial charge < -0.3 is 39.7 Å². The van der Waals surface area contributed by atoms with Crippen molar-refractivity contribution in [2.75, 3.05) is 11.9 Å². The average Bonchev–Trinajstić information content (AvgIpc) is 3.87. The molecule has 5 atom stereocenters. The number of oxazole rings is 1. The molecular formula is C36H33N5O8. The molecule has 2 amide bonds. The number of para-hydroxylation sites is 1.